The molecule has 5 heteroatoms. The molecule has 0 bridgehead atoms. The van der Waals surface area contributed by atoms with Crippen LogP contribution >= 0.6 is 0 Å². The van der Waals surface area contributed by atoms with E-state index in [1.807, 2.05) is 6.92 Å². The minimum absolute atomic E-state index is 0.585. The molecular formula is C10H19N3O2. The van der Waals surface area contributed by atoms with Crippen LogP contribution in [0.2, 0.25) is 0 Å². The number of hydrogen-bond donors (Lipinski definition) is 1. The first-order valence-electron chi connectivity index (χ1n) is 5.14. The van der Waals surface area contributed by atoms with Gasteiger partial charge in [0.2, 0.25) is 5.89 Å². The molecule has 0 aliphatic carbocycles. The maximum atomic E-state index is 9.69. The summed E-state index contributed by atoms with van der Waals surface area (Å²) >= 11 is 0. The molecule has 0 spiro atoms. The van der Waals surface area contributed by atoms with Gasteiger partial charge in [0.15, 0.2) is 5.82 Å². The molecule has 1 heterocycles. The summed E-state index contributed by atoms with van der Waals surface area (Å²) in [4.78, 5) is 6.19. The van der Waals surface area contributed by atoms with Crippen molar-refractivity contribution in [3.8, 4) is 0 Å². The lowest BCUT2D eigenvalue weighted by molar-refractivity contribution is 0.0322. The van der Waals surface area contributed by atoms with Crippen LogP contribution in [0.1, 0.15) is 32.5 Å². The molecule has 0 unspecified atom stereocenters. The van der Waals surface area contributed by atoms with Crippen molar-refractivity contribution in [3.63, 3.8) is 0 Å². The molecule has 0 aliphatic rings. The van der Waals surface area contributed by atoms with Gasteiger partial charge in [-0.15, -0.1) is 0 Å². The predicted octanol–water partition coefficient (Wildman–Crippen LogP) is 0.971. The molecule has 0 aliphatic heterocycles. The van der Waals surface area contributed by atoms with E-state index in [4.69, 9.17) is 4.52 Å². The van der Waals surface area contributed by atoms with Crippen molar-refractivity contribution in [1.82, 2.24) is 15.0 Å². The Kier molecular flexibility index (Phi) is 3.82. The molecule has 1 aromatic heterocycles. The lowest BCUT2D eigenvalue weighted by Gasteiger charge is -2.26. The van der Waals surface area contributed by atoms with Crippen LogP contribution in [0.15, 0.2) is 4.52 Å². The van der Waals surface area contributed by atoms with Crippen LogP contribution in [0, 0.1) is 6.92 Å². The van der Waals surface area contributed by atoms with Gasteiger partial charge in [-0.25, -0.2) is 0 Å². The van der Waals surface area contributed by atoms with Gasteiger partial charge in [0.05, 0.1) is 12.1 Å². The molecule has 0 fully saturated rings. The van der Waals surface area contributed by atoms with Gasteiger partial charge in [-0.1, -0.05) is 12.1 Å². The number of likely N-dealkylation sites (N-methyl/N-ethyl adjacent to an activating group) is 1. The normalized spacial score (nSPS) is 12.4. The zero-order valence-corrected chi connectivity index (χ0v) is 9.82. The van der Waals surface area contributed by atoms with E-state index in [1.54, 1.807) is 20.8 Å². The molecular weight excluding hydrogens is 194 g/mol. The SMILES string of the molecule is CCN(Cc1nc(C)no1)CC(C)(C)O. The van der Waals surface area contributed by atoms with Gasteiger partial charge in [0.25, 0.3) is 0 Å². The molecule has 1 rings (SSSR count). The van der Waals surface area contributed by atoms with Gasteiger partial charge in [-0.3, -0.25) is 4.90 Å². The Labute approximate surface area is 90.1 Å². The Morgan fingerprint density at radius 2 is 2.13 bits per heavy atom. The van der Waals surface area contributed by atoms with E-state index in [9.17, 15) is 5.11 Å². The molecule has 0 aromatic carbocycles. The van der Waals surface area contributed by atoms with Crippen molar-refractivity contribution in [2.24, 2.45) is 0 Å². The second-order valence-electron chi connectivity index (χ2n) is 4.35. The van der Waals surface area contributed by atoms with Crippen LogP contribution in [0.25, 0.3) is 0 Å². The second kappa shape index (κ2) is 4.72. The molecule has 0 atom stereocenters. The Hall–Kier alpha value is -0.940. The topological polar surface area (TPSA) is 62.4 Å². The van der Waals surface area contributed by atoms with Crippen LogP contribution in [0.4, 0.5) is 0 Å². The smallest absolute Gasteiger partial charge is 0.240 e. The fourth-order valence-corrected chi connectivity index (χ4v) is 1.42. The third-order valence-corrected chi connectivity index (χ3v) is 1.99. The number of nitrogens with zero attached hydrogens (tertiary/aromatic N) is 3. The summed E-state index contributed by atoms with van der Waals surface area (Å²) in [6.07, 6.45) is 0. The Bertz CT molecular complexity index is 304. The van der Waals surface area contributed by atoms with Crippen LogP contribution in [-0.2, 0) is 6.54 Å². The third-order valence-electron chi connectivity index (χ3n) is 1.99. The van der Waals surface area contributed by atoms with Gasteiger partial charge in [-0.05, 0) is 27.3 Å². The number of aliphatic hydroxyl groups is 1. The first-order valence-corrected chi connectivity index (χ1v) is 5.14. The Balaban J connectivity index is 2.54. The highest BCUT2D eigenvalue weighted by molar-refractivity contribution is 4.84. The lowest BCUT2D eigenvalue weighted by atomic mass is 10.1. The average molecular weight is 213 g/mol. The highest BCUT2D eigenvalue weighted by Gasteiger charge is 2.18. The first-order chi connectivity index (χ1) is 6.90. The molecule has 86 valence electrons. The van der Waals surface area contributed by atoms with Gasteiger partial charge in [0.1, 0.15) is 0 Å². The second-order valence-corrected chi connectivity index (χ2v) is 4.35. The Morgan fingerprint density at radius 3 is 2.53 bits per heavy atom. The first kappa shape index (κ1) is 12.1. The van der Waals surface area contributed by atoms with Crippen molar-refractivity contribution in [3.05, 3.63) is 11.7 Å². The van der Waals surface area contributed by atoms with Crippen molar-refractivity contribution >= 4 is 0 Å². The summed E-state index contributed by atoms with van der Waals surface area (Å²) in [7, 11) is 0. The fourth-order valence-electron chi connectivity index (χ4n) is 1.42. The largest absolute Gasteiger partial charge is 0.389 e. The number of aromatic nitrogens is 2. The van der Waals surface area contributed by atoms with E-state index in [0.717, 1.165) is 6.54 Å². The monoisotopic (exact) mass is 213 g/mol. The van der Waals surface area contributed by atoms with Crippen LogP contribution in [0.3, 0.4) is 0 Å². The van der Waals surface area contributed by atoms with E-state index >= 15 is 0 Å². The van der Waals surface area contributed by atoms with Crippen LogP contribution in [0.5, 0.6) is 0 Å². The minimum Gasteiger partial charge on any atom is -0.389 e. The maximum Gasteiger partial charge on any atom is 0.240 e. The van der Waals surface area contributed by atoms with E-state index in [1.165, 1.54) is 0 Å². The van der Waals surface area contributed by atoms with E-state index in [2.05, 4.69) is 15.0 Å². The van der Waals surface area contributed by atoms with Gasteiger partial charge in [0, 0.05) is 6.54 Å². The lowest BCUT2D eigenvalue weighted by Crippen LogP contribution is -2.38. The summed E-state index contributed by atoms with van der Waals surface area (Å²) < 4.78 is 5.03. The predicted molar refractivity (Wildman–Crippen MR) is 56.3 cm³/mol. The highest BCUT2D eigenvalue weighted by atomic mass is 16.5. The zero-order valence-electron chi connectivity index (χ0n) is 9.82. The summed E-state index contributed by atoms with van der Waals surface area (Å²) in [5, 5.41) is 13.4. The summed E-state index contributed by atoms with van der Waals surface area (Å²) in [6, 6.07) is 0. The van der Waals surface area contributed by atoms with Gasteiger partial charge < -0.3 is 9.63 Å². The third kappa shape index (κ3) is 4.40. The van der Waals surface area contributed by atoms with Gasteiger partial charge in [-0.2, -0.15) is 4.98 Å². The van der Waals surface area contributed by atoms with Crippen molar-refractivity contribution in [1.29, 1.82) is 0 Å². The number of rotatable bonds is 5. The minimum atomic E-state index is -0.703. The van der Waals surface area contributed by atoms with E-state index < -0.39 is 5.60 Å². The highest BCUT2D eigenvalue weighted by Crippen LogP contribution is 2.08. The standard InChI is InChI=1S/C10H19N3O2/c1-5-13(7-10(3,4)14)6-9-11-8(2)12-15-9/h14H,5-7H2,1-4H3. The van der Waals surface area contributed by atoms with E-state index in [0.29, 0.717) is 24.8 Å². The summed E-state index contributed by atoms with van der Waals surface area (Å²) in [6.45, 7) is 9.41. The average Bonchev–Trinajstić information content (AvgIpc) is 2.47. The van der Waals surface area contributed by atoms with Crippen LogP contribution in [-0.4, -0.2) is 38.8 Å². The molecule has 0 saturated carbocycles. The summed E-state index contributed by atoms with van der Waals surface area (Å²) in [5.41, 5.74) is -0.703. The van der Waals surface area contributed by atoms with E-state index in [-0.39, 0.29) is 0 Å². The Morgan fingerprint density at radius 1 is 1.47 bits per heavy atom. The van der Waals surface area contributed by atoms with Crippen LogP contribution < -0.4 is 0 Å². The van der Waals surface area contributed by atoms with Crippen molar-refractivity contribution in [2.75, 3.05) is 13.1 Å². The molecule has 1 aromatic rings. The fraction of sp³-hybridized carbons (Fsp3) is 0.800. The summed E-state index contributed by atoms with van der Waals surface area (Å²) in [5.74, 6) is 1.24. The zero-order chi connectivity index (χ0) is 11.5. The van der Waals surface area contributed by atoms with Gasteiger partial charge >= 0.3 is 0 Å². The molecule has 0 radical (unpaired) electrons. The molecule has 1 N–H and O–H groups in total. The van der Waals surface area contributed by atoms with Crippen molar-refractivity contribution < 1.29 is 9.63 Å². The van der Waals surface area contributed by atoms with Crippen molar-refractivity contribution in [2.45, 2.75) is 39.8 Å². The maximum absolute atomic E-state index is 9.69. The molecule has 0 saturated heterocycles. The molecule has 5 nitrogen and oxygen atoms in total. The quantitative estimate of drug-likeness (QED) is 0.789. The molecule has 0 amide bonds. The molecule has 15 heavy (non-hydrogen) atoms. The number of aryl methyl sites for hydroxylation is 1. The number of hydrogen-bond acceptors (Lipinski definition) is 5.